The van der Waals surface area contributed by atoms with E-state index in [1.54, 1.807) is 0 Å². The molecule has 0 saturated heterocycles. The summed E-state index contributed by atoms with van der Waals surface area (Å²) in [5.74, 6) is 0. The van der Waals surface area contributed by atoms with Gasteiger partial charge in [0.15, 0.2) is 0 Å². The zero-order valence-electron chi connectivity index (χ0n) is 33.1. The molecule has 0 unspecified atom stereocenters. The van der Waals surface area contributed by atoms with Gasteiger partial charge < -0.3 is 9.80 Å². The number of rotatable bonds is 10. The molecule has 284 valence electrons. The van der Waals surface area contributed by atoms with Gasteiger partial charge in [-0.25, -0.2) is 0 Å². The maximum atomic E-state index is 2.41. The summed E-state index contributed by atoms with van der Waals surface area (Å²) in [5, 5.41) is 2.30. The van der Waals surface area contributed by atoms with E-state index in [4.69, 9.17) is 0 Å². The lowest BCUT2D eigenvalue weighted by molar-refractivity contribution is 1.28. The van der Waals surface area contributed by atoms with E-state index in [9.17, 15) is 0 Å². The fourth-order valence-electron chi connectivity index (χ4n) is 8.31. The number of para-hydroxylation sites is 2. The molecule has 60 heavy (non-hydrogen) atoms. The van der Waals surface area contributed by atoms with E-state index >= 15 is 0 Å². The minimum Gasteiger partial charge on any atom is -0.310 e. The van der Waals surface area contributed by atoms with Crippen molar-refractivity contribution in [2.24, 2.45) is 0 Å². The largest absolute Gasteiger partial charge is 0.310 e. The molecule has 0 fully saturated rings. The Balaban J connectivity index is 1.25. The van der Waals surface area contributed by atoms with E-state index in [1.807, 2.05) is 0 Å². The van der Waals surface area contributed by atoms with Crippen LogP contribution in [0.3, 0.4) is 0 Å². The molecule has 0 atom stereocenters. The van der Waals surface area contributed by atoms with Gasteiger partial charge in [-0.05, 0) is 117 Å². The van der Waals surface area contributed by atoms with Crippen LogP contribution in [0.4, 0.5) is 34.1 Å². The third-order valence-corrected chi connectivity index (χ3v) is 11.2. The van der Waals surface area contributed by atoms with Gasteiger partial charge in [-0.2, -0.15) is 0 Å². The highest BCUT2D eigenvalue weighted by molar-refractivity contribution is 6.04. The number of hydrogen-bond acceptors (Lipinski definition) is 2. The van der Waals surface area contributed by atoms with Crippen molar-refractivity contribution in [3.05, 3.63) is 255 Å². The summed E-state index contributed by atoms with van der Waals surface area (Å²) in [4.78, 5) is 4.83. The van der Waals surface area contributed by atoms with Crippen LogP contribution >= 0.6 is 0 Å². The molecular formula is C58H42N2. The fourth-order valence-corrected chi connectivity index (χ4v) is 8.31. The highest BCUT2D eigenvalue weighted by atomic mass is 15.2. The number of hydrogen-bond donors (Lipinski definition) is 0. The van der Waals surface area contributed by atoms with Gasteiger partial charge in [-0.15, -0.1) is 0 Å². The summed E-state index contributed by atoms with van der Waals surface area (Å²) in [6.45, 7) is 0. The highest BCUT2D eigenvalue weighted by Crippen LogP contribution is 2.48. The molecule has 0 spiro atoms. The second kappa shape index (κ2) is 16.5. The van der Waals surface area contributed by atoms with Crippen molar-refractivity contribution >= 4 is 44.9 Å². The fraction of sp³-hybridized carbons (Fsp3) is 0. The molecule has 0 N–H and O–H groups in total. The van der Waals surface area contributed by atoms with Gasteiger partial charge in [0.1, 0.15) is 0 Å². The first kappa shape index (κ1) is 36.4. The standard InChI is InChI=1S/C58H42N2/c1-7-21-43(22-8-1)47-29-19-35-53(37-47)59(51-31-15-5-16-32-51)57-41-50-42-58(56(46-27-13-4-14-28-46)40-49(50)39-55(57)45-25-11-3-12-26-45)60(52-33-17-6-18-34-52)54-36-20-30-48(38-54)44-23-9-2-10-24-44/h1-42H. The average Bonchev–Trinajstić information content (AvgIpc) is 3.33. The van der Waals surface area contributed by atoms with Gasteiger partial charge >= 0.3 is 0 Å². The Bertz CT molecular complexity index is 2800. The SMILES string of the molecule is c1ccc(-c2cccc(N(c3ccccc3)c3cc4cc(N(c5ccccc5)c5cccc(-c6ccccc6)c5)c(-c5ccccc5)cc4cc3-c3ccccc3)c2)cc1. The van der Waals surface area contributed by atoms with Crippen LogP contribution in [0.2, 0.25) is 0 Å². The summed E-state index contributed by atoms with van der Waals surface area (Å²) in [7, 11) is 0. The molecule has 0 saturated carbocycles. The molecule has 10 aromatic carbocycles. The minimum absolute atomic E-state index is 1.09. The molecule has 0 heterocycles. The summed E-state index contributed by atoms with van der Waals surface area (Å²) in [6.07, 6.45) is 0. The molecule has 0 radical (unpaired) electrons. The topological polar surface area (TPSA) is 6.48 Å². The van der Waals surface area contributed by atoms with E-state index in [0.717, 1.165) is 67.2 Å². The van der Waals surface area contributed by atoms with Gasteiger partial charge in [-0.3, -0.25) is 0 Å². The van der Waals surface area contributed by atoms with Crippen molar-refractivity contribution in [2.45, 2.75) is 0 Å². The maximum absolute atomic E-state index is 2.41. The molecule has 10 aromatic rings. The van der Waals surface area contributed by atoms with E-state index in [0.29, 0.717) is 0 Å². The van der Waals surface area contributed by atoms with Crippen molar-refractivity contribution in [1.29, 1.82) is 0 Å². The van der Waals surface area contributed by atoms with Crippen LogP contribution in [-0.4, -0.2) is 0 Å². The smallest absolute Gasteiger partial charge is 0.0546 e. The van der Waals surface area contributed by atoms with Gasteiger partial charge in [0.2, 0.25) is 0 Å². The van der Waals surface area contributed by atoms with E-state index < -0.39 is 0 Å². The lowest BCUT2D eigenvalue weighted by atomic mass is 9.93. The van der Waals surface area contributed by atoms with Gasteiger partial charge in [-0.1, -0.05) is 182 Å². The molecule has 10 rings (SSSR count). The first-order valence-electron chi connectivity index (χ1n) is 20.5. The summed E-state index contributed by atoms with van der Waals surface area (Å²) in [6, 6.07) is 91.7. The summed E-state index contributed by atoms with van der Waals surface area (Å²) in [5.41, 5.74) is 15.9. The summed E-state index contributed by atoms with van der Waals surface area (Å²) < 4.78 is 0. The molecule has 2 nitrogen and oxygen atoms in total. The summed E-state index contributed by atoms with van der Waals surface area (Å²) >= 11 is 0. The predicted molar refractivity (Wildman–Crippen MR) is 255 cm³/mol. The van der Waals surface area contributed by atoms with Crippen molar-refractivity contribution < 1.29 is 0 Å². The number of anilines is 6. The van der Waals surface area contributed by atoms with Gasteiger partial charge in [0, 0.05) is 33.9 Å². The monoisotopic (exact) mass is 766 g/mol. The van der Waals surface area contributed by atoms with Gasteiger partial charge in [0.25, 0.3) is 0 Å². The van der Waals surface area contributed by atoms with Crippen molar-refractivity contribution in [1.82, 2.24) is 0 Å². The quantitative estimate of drug-likeness (QED) is 0.137. The number of nitrogens with zero attached hydrogens (tertiary/aromatic N) is 2. The van der Waals surface area contributed by atoms with Crippen LogP contribution in [0.5, 0.6) is 0 Å². The third kappa shape index (κ3) is 7.35. The maximum Gasteiger partial charge on any atom is 0.0546 e. The van der Waals surface area contributed by atoms with E-state index in [2.05, 4.69) is 265 Å². The molecule has 0 aliphatic carbocycles. The molecular weight excluding hydrogens is 725 g/mol. The normalized spacial score (nSPS) is 11.0. The van der Waals surface area contributed by atoms with Gasteiger partial charge in [0.05, 0.1) is 11.4 Å². The predicted octanol–water partition coefficient (Wildman–Crippen LogP) is 16.4. The lowest BCUT2D eigenvalue weighted by Crippen LogP contribution is -2.12. The molecule has 0 amide bonds. The third-order valence-electron chi connectivity index (χ3n) is 11.2. The molecule has 0 aliphatic heterocycles. The Hall–Kier alpha value is -7.94. The zero-order valence-corrected chi connectivity index (χ0v) is 33.1. The number of fused-ring (bicyclic) bond motifs is 1. The van der Waals surface area contributed by atoms with Crippen LogP contribution in [0.1, 0.15) is 0 Å². The zero-order chi connectivity index (χ0) is 40.1. The van der Waals surface area contributed by atoms with Crippen LogP contribution < -0.4 is 9.80 Å². The van der Waals surface area contributed by atoms with E-state index in [1.165, 1.54) is 22.3 Å². The van der Waals surface area contributed by atoms with E-state index in [-0.39, 0.29) is 0 Å². The molecule has 0 aromatic heterocycles. The Morgan fingerprint density at radius 2 is 0.483 bits per heavy atom. The second-order valence-electron chi connectivity index (χ2n) is 15.0. The second-order valence-corrected chi connectivity index (χ2v) is 15.0. The minimum atomic E-state index is 1.09. The Morgan fingerprint density at radius 1 is 0.200 bits per heavy atom. The Morgan fingerprint density at radius 3 is 0.850 bits per heavy atom. The lowest BCUT2D eigenvalue weighted by Gasteiger charge is -2.30. The first-order chi connectivity index (χ1) is 29.8. The Labute approximate surface area is 352 Å². The van der Waals surface area contributed by atoms with Crippen molar-refractivity contribution in [3.63, 3.8) is 0 Å². The highest BCUT2D eigenvalue weighted by Gasteiger charge is 2.23. The van der Waals surface area contributed by atoms with Crippen LogP contribution in [0, 0.1) is 0 Å². The van der Waals surface area contributed by atoms with Crippen LogP contribution in [-0.2, 0) is 0 Å². The van der Waals surface area contributed by atoms with Crippen LogP contribution in [0.25, 0.3) is 55.3 Å². The first-order valence-corrected chi connectivity index (χ1v) is 20.5. The molecule has 2 heteroatoms. The molecule has 0 bridgehead atoms. The number of benzene rings is 10. The van der Waals surface area contributed by atoms with Crippen molar-refractivity contribution in [3.8, 4) is 44.5 Å². The Kier molecular flexibility index (Phi) is 10.0. The average molecular weight is 767 g/mol. The van der Waals surface area contributed by atoms with Crippen molar-refractivity contribution in [2.75, 3.05) is 9.80 Å². The molecule has 0 aliphatic rings. The van der Waals surface area contributed by atoms with Crippen LogP contribution in [0.15, 0.2) is 255 Å².